The Balaban J connectivity index is 2.31. The van der Waals surface area contributed by atoms with Gasteiger partial charge in [0.1, 0.15) is 29.7 Å². The normalized spacial score (nSPS) is 10.4. The van der Waals surface area contributed by atoms with Gasteiger partial charge in [-0.15, -0.1) is 6.42 Å². The molecule has 0 aliphatic rings. The van der Waals surface area contributed by atoms with Crippen LogP contribution in [-0.4, -0.2) is 19.6 Å². The molecule has 0 bridgehead atoms. The summed E-state index contributed by atoms with van der Waals surface area (Å²) in [6, 6.07) is 14.3. The first-order chi connectivity index (χ1) is 12.6. The monoisotopic (exact) mass is 346 g/mol. The maximum Gasteiger partial charge on any atom is 0.266 e. The average molecular weight is 346 g/mol. The summed E-state index contributed by atoms with van der Waals surface area (Å²) in [5.74, 6) is 2.89. The summed E-state index contributed by atoms with van der Waals surface area (Å²) in [7, 11) is 1.53. The van der Waals surface area contributed by atoms with Gasteiger partial charge in [-0.05, 0) is 42.8 Å². The first kappa shape index (κ1) is 18.6. The number of ether oxygens (including phenoxy) is 2. The van der Waals surface area contributed by atoms with E-state index in [1.54, 1.807) is 24.3 Å². The van der Waals surface area contributed by atoms with E-state index in [9.17, 15) is 10.1 Å². The lowest BCUT2D eigenvalue weighted by molar-refractivity contribution is -0.112. The Morgan fingerprint density at radius 2 is 2.12 bits per heavy atom. The van der Waals surface area contributed by atoms with Crippen LogP contribution >= 0.6 is 0 Å². The van der Waals surface area contributed by atoms with Crippen molar-refractivity contribution >= 4 is 17.7 Å². The molecule has 130 valence electrons. The second kappa shape index (κ2) is 8.96. The van der Waals surface area contributed by atoms with Gasteiger partial charge >= 0.3 is 0 Å². The summed E-state index contributed by atoms with van der Waals surface area (Å²) < 4.78 is 10.6. The summed E-state index contributed by atoms with van der Waals surface area (Å²) in [5, 5.41) is 12.1. The third-order valence-corrected chi connectivity index (χ3v) is 3.47. The van der Waals surface area contributed by atoms with Gasteiger partial charge in [-0.1, -0.05) is 18.1 Å². The van der Waals surface area contributed by atoms with Gasteiger partial charge in [0.25, 0.3) is 5.91 Å². The van der Waals surface area contributed by atoms with Gasteiger partial charge in [0, 0.05) is 17.3 Å². The Labute approximate surface area is 152 Å². The number of hydrogen-bond donors (Lipinski definition) is 1. The van der Waals surface area contributed by atoms with Crippen LogP contribution in [0.2, 0.25) is 0 Å². The maximum absolute atomic E-state index is 12.4. The largest absolute Gasteiger partial charge is 0.497 e. The summed E-state index contributed by atoms with van der Waals surface area (Å²) >= 11 is 0. The molecule has 0 unspecified atom stereocenters. The van der Waals surface area contributed by atoms with E-state index in [-0.39, 0.29) is 12.2 Å². The molecular weight excluding hydrogens is 328 g/mol. The van der Waals surface area contributed by atoms with Crippen LogP contribution in [0.15, 0.2) is 48.0 Å². The van der Waals surface area contributed by atoms with Gasteiger partial charge in [0.2, 0.25) is 0 Å². The zero-order valence-corrected chi connectivity index (χ0v) is 14.6. The van der Waals surface area contributed by atoms with Crippen LogP contribution in [0.5, 0.6) is 11.5 Å². The van der Waals surface area contributed by atoms with Gasteiger partial charge in [-0.2, -0.15) is 5.26 Å². The number of benzene rings is 2. The highest BCUT2D eigenvalue weighted by Crippen LogP contribution is 2.27. The van der Waals surface area contributed by atoms with Gasteiger partial charge in [0.05, 0.1) is 7.11 Å². The third-order valence-electron chi connectivity index (χ3n) is 3.47. The number of nitriles is 1. The maximum atomic E-state index is 12.4. The van der Waals surface area contributed by atoms with Crippen LogP contribution in [0.25, 0.3) is 6.08 Å². The second-order valence-corrected chi connectivity index (χ2v) is 5.39. The first-order valence-corrected chi connectivity index (χ1v) is 7.81. The number of terminal acetylenes is 1. The van der Waals surface area contributed by atoms with Gasteiger partial charge in [-0.3, -0.25) is 4.79 Å². The molecule has 0 saturated carbocycles. The summed E-state index contributed by atoms with van der Waals surface area (Å²) in [5.41, 5.74) is 2.12. The minimum absolute atomic E-state index is 0.0535. The zero-order chi connectivity index (χ0) is 18.9. The van der Waals surface area contributed by atoms with Crippen LogP contribution in [0.1, 0.15) is 11.1 Å². The van der Waals surface area contributed by atoms with E-state index < -0.39 is 5.91 Å². The molecule has 0 aliphatic carbocycles. The minimum atomic E-state index is -0.503. The Bertz CT molecular complexity index is 918. The molecule has 0 radical (unpaired) electrons. The molecule has 2 rings (SSSR count). The van der Waals surface area contributed by atoms with Crippen LogP contribution in [0.4, 0.5) is 5.69 Å². The molecule has 0 atom stereocenters. The number of methoxy groups -OCH3 is 1. The molecule has 1 amide bonds. The molecule has 0 aliphatic heterocycles. The smallest absolute Gasteiger partial charge is 0.266 e. The summed E-state index contributed by atoms with van der Waals surface area (Å²) in [6.07, 6.45) is 6.69. The van der Waals surface area contributed by atoms with Crippen molar-refractivity contribution < 1.29 is 14.3 Å². The van der Waals surface area contributed by atoms with Crippen molar-refractivity contribution in [2.24, 2.45) is 0 Å². The summed E-state index contributed by atoms with van der Waals surface area (Å²) in [4.78, 5) is 12.4. The van der Waals surface area contributed by atoms with Crippen LogP contribution in [0, 0.1) is 30.6 Å². The van der Waals surface area contributed by atoms with E-state index >= 15 is 0 Å². The van der Waals surface area contributed by atoms with E-state index in [4.69, 9.17) is 15.9 Å². The fourth-order valence-corrected chi connectivity index (χ4v) is 2.23. The van der Waals surface area contributed by atoms with Gasteiger partial charge < -0.3 is 14.8 Å². The van der Waals surface area contributed by atoms with E-state index in [0.717, 1.165) is 5.56 Å². The minimum Gasteiger partial charge on any atom is -0.497 e. The van der Waals surface area contributed by atoms with Gasteiger partial charge in [0.15, 0.2) is 0 Å². The average Bonchev–Trinajstić information content (AvgIpc) is 2.64. The summed E-state index contributed by atoms with van der Waals surface area (Å²) in [6.45, 7) is 1.98. The van der Waals surface area contributed by atoms with Crippen molar-refractivity contribution in [3.05, 3.63) is 59.2 Å². The fraction of sp³-hybridized carbons (Fsp3) is 0.143. The second-order valence-electron chi connectivity index (χ2n) is 5.39. The number of rotatable bonds is 6. The van der Waals surface area contributed by atoms with Crippen LogP contribution in [0.3, 0.4) is 0 Å². The predicted octanol–water partition coefficient (Wildman–Crippen LogP) is 3.56. The molecule has 5 nitrogen and oxygen atoms in total. The standard InChI is InChI=1S/C21H18N2O3/c1-4-10-26-20-13-19(25-3)9-8-16(20)12-17(14-22)21(24)23-18-7-5-6-15(2)11-18/h1,5-9,11-13H,10H2,2-3H3,(H,23,24)/b17-12+. The molecule has 1 N–H and O–H groups in total. The lowest BCUT2D eigenvalue weighted by Gasteiger charge is -2.10. The topological polar surface area (TPSA) is 71.3 Å². The van der Waals surface area contributed by atoms with Crippen molar-refractivity contribution in [2.75, 3.05) is 19.0 Å². The van der Waals surface area contributed by atoms with E-state index in [1.807, 2.05) is 31.2 Å². The number of aryl methyl sites for hydroxylation is 1. The quantitative estimate of drug-likeness (QED) is 0.493. The number of carbonyl (C=O) groups is 1. The number of anilines is 1. The van der Waals surface area contributed by atoms with Gasteiger partial charge in [-0.25, -0.2) is 0 Å². The molecule has 0 aromatic heterocycles. The molecule has 0 fully saturated rings. The molecule has 2 aromatic carbocycles. The number of nitrogens with zero attached hydrogens (tertiary/aromatic N) is 1. The van der Waals surface area contributed by atoms with E-state index in [2.05, 4.69) is 11.2 Å². The van der Waals surface area contributed by atoms with Crippen molar-refractivity contribution in [3.8, 4) is 29.9 Å². The molecule has 0 spiro atoms. The molecule has 26 heavy (non-hydrogen) atoms. The SMILES string of the molecule is C#CCOc1cc(OC)ccc1/C=C(\C#N)C(=O)Nc1cccc(C)c1. The molecule has 2 aromatic rings. The lowest BCUT2D eigenvalue weighted by atomic mass is 10.1. The third kappa shape index (κ3) is 4.90. The Morgan fingerprint density at radius 1 is 1.31 bits per heavy atom. The Kier molecular flexibility index (Phi) is 6.42. The lowest BCUT2D eigenvalue weighted by Crippen LogP contribution is -2.13. The first-order valence-electron chi connectivity index (χ1n) is 7.81. The Hall–Kier alpha value is -3.70. The number of nitrogens with one attached hydrogen (secondary N) is 1. The highest BCUT2D eigenvalue weighted by molar-refractivity contribution is 6.09. The highest BCUT2D eigenvalue weighted by Gasteiger charge is 2.12. The highest BCUT2D eigenvalue weighted by atomic mass is 16.5. The van der Waals surface area contributed by atoms with Crippen molar-refractivity contribution in [1.29, 1.82) is 5.26 Å². The molecule has 0 saturated heterocycles. The van der Waals surface area contributed by atoms with Crippen LogP contribution < -0.4 is 14.8 Å². The predicted molar refractivity (Wildman–Crippen MR) is 101 cm³/mol. The van der Waals surface area contributed by atoms with Crippen LogP contribution in [-0.2, 0) is 4.79 Å². The fourth-order valence-electron chi connectivity index (χ4n) is 2.23. The number of amides is 1. The Morgan fingerprint density at radius 3 is 2.77 bits per heavy atom. The van der Waals surface area contributed by atoms with Crippen molar-refractivity contribution in [3.63, 3.8) is 0 Å². The van der Waals surface area contributed by atoms with E-state index in [0.29, 0.717) is 22.7 Å². The molecule has 0 heterocycles. The molecular formula is C21H18N2O3. The van der Waals surface area contributed by atoms with Crippen molar-refractivity contribution in [2.45, 2.75) is 6.92 Å². The zero-order valence-electron chi connectivity index (χ0n) is 14.6. The number of carbonyl (C=O) groups excluding carboxylic acids is 1. The van der Waals surface area contributed by atoms with E-state index in [1.165, 1.54) is 13.2 Å². The molecule has 5 heteroatoms. The number of hydrogen-bond acceptors (Lipinski definition) is 4. The van der Waals surface area contributed by atoms with Crippen molar-refractivity contribution in [1.82, 2.24) is 0 Å².